The third kappa shape index (κ3) is 2.92. The number of hydrogen-bond acceptors (Lipinski definition) is 4. The predicted octanol–water partition coefficient (Wildman–Crippen LogP) is 5.18. The van der Waals surface area contributed by atoms with Gasteiger partial charge in [-0.1, -0.05) is 25.1 Å². The van der Waals surface area contributed by atoms with Crippen molar-refractivity contribution in [2.45, 2.75) is 57.5 Å². The molecular weight excluding hydrogens is 364 g/mol. The van der Waals surface area contributed by atoms with Crippen LogP contribution in [0.5, 0.6) is 11.5 Å². The van der Waals surface area contributed by atoms with Crippen LogP contribution < -0.4 is 0 Å². The number of fused-ring (bicyclic) bond motifs is 5. The summed E-state index contributed by atoms with van der Waals surface area (Å²) in [6, 6.07) is 12.5. The topological polar surface area (TPSA) is 66.8 Å². The summed E-state index contributed by atoms with van der Waals surface area (Å²) in [7, 11) is 0. The number of phenolic OH excluding ortho intramolecular Hbond substituents is 2. The van der Waals surface area contributed by atoms with Gasteiger partial charge in [-0.3, -0.25) is 0 Å². The molecular formula is C25H28O4. The van der Waals surface area contributed by atoms with Crippen LogP contribution in [0.3, 0.4) is 0 Å². The van der Waals surface area contributed by atoms with E-state index in [0.29, 0.717) is 23.5 Å². The molecule has 0 radical (unpaired) electrons. The van der Waals surface area contributed by atoms with E-state index in [1.54, 1.807) is 18.2 Å². The van der Waals surface area contributed by atoms with Gasteiger partial charge >= 0.3 is 5.97 Å². The normalized spacial score (nSPS) is 32.7. The Labute approximate surface area is 171 Å². The van der Waals surface area contributed by atoms with Crippen LogP contribution >= 0.6 is 0 Å². The highest BCUT2D eigenvalue weighted by Gasteiger charge is 2.56. The molecule has 5 atom stereocenters. The lowest BCUT2D eigenvalue weighted by Crippen LogP contribution is -2.45. The number of carbonyl (C=O) groups excluding carboxylic acids is 1. The fraction of sp³-hybridized carbons (Fsp3) is 0.480. The second-order valence-corrected chi connectivity index (χ2v) is 9.33. The standard InChI is InChI=1S/C25H28O4/c1-25-13-12-18-17-9-7-16(26)14-15(17)6-8-19(18)21(25)10-11-23(25)29-24(28)20-4-2-3-5-22(20)27/h2-5,7,9,14,18-19,21,23,26-27H,6,8,10-13H2,1H3/t18-,19-,21+,23+,25+/m1/s1. The molecule has 4 nitrogen and oxygen atoms in total. The molecule has 0 spiro atoms. The highest BCUT2D eigenvalue weighted by Crippen LogP contribution is 2.61. The number of hydrogen-bond donors (Lipinski definition) is 2. The van der Waals surface area contributed by atoms with E-state index in [2.05, 4.69) is 13.0 Å². The molecule has 3 aliphatic rings. The van der Waals surface area contributed by atoms with Crippen molar-refractivity contribution in [3.8, 4) is 11.5 Å². The van der Waals surface area contributed by atoms with Crippen LogP contribution in [-0.2, 0) is 11.2 Å². The minimum absolute atomic E-state index is 0.00432. The summed E-state index contributed by atoms with van der Waals surface area (Å²) in [5.41, 5.74) is 2.96. The average Bonchev–Trinajstić information content (AvgIpc) is 3.04. The zero-order valence-electron chi connectivity index (χ0n) is 16.8. The summed E-state index contributed by atoms with van der Waals surface area (Å²) in [5, 5.41) is 19.8. The summed E-state index contributed by atoms with van der Waals surface area (Å²) < 4.78 is 5.98. The van der Waals surface area contributed by atoms with E-state index in [4.69, 9.17) is 4.74 Å². The largest absolute Gasteiger partial charge is 0.508 e. The van der Waals surface area contributed by atoms with E-state index in [-0.39, 0.29) is 22.8 Å². The van der Waals surface area contributed by atoms with Crippen molar-refractivity contribution in [2.75, 3.05) is 0 Å². The van der Waals surface area contributed by atoms with Gasteiger partial charge in [0.15, 0.2) is 0 Å². The fourth-order valence-electron chi connectivity index (χ4n) is 6.55. The Morgan fingerprint density at radius 2 is 1.90 bits per heavy atom. The van der Waals surface area contributed by atoms with Gasteiger partial charge in [-0.15, -0.1) is 0 Å². The molecule has 2 aromatic rings. The summed E-state index contributed by atoms with van der Waals surface area (Å²) in [4.78, 5) is 12.7. The number of rotatable bonds is 2. The van der Waals surface area contributed by atoms with E-state index >= 15 is 0 Å². The molecule has 0 saturated heterocycles. The van der Waals surface area contributed by atoms with Gasteiger partial charge < -0.3 is 14.9 Å². The third-order valence-electron chi connectivity index (χ3n) is 8.00. The molecule has 3 aliphatic carbocycles. The Hall–Kier alpha value is -2.49. The third-order valence-corrected chi connectivity index (χ3v) is 8.00. The first-order chi connectivity index (χ1) is 14.0. The lowest BCUT2D eigenvalue weighted by atomic mass is 9.55. The first-order valence-corrected chi connectivity index (χ1v) is 10.8. The minimum Gasteiger partial charge on any atom is -0.508 e. The molecule has 5 rings (SSSR count). The quantitative estimate of drug-likeness (QED) is 0.691. The van der Waals surface area contributed by atoms with E-state index in [1.165, 1.54) is 17.2 Å². The molecule has 0 unspecified atom stereocenters. The summed E-state index contributed by atoms with van der Waals surface area (Å²) in [6.07, 6.45) is 6.18. The zero-order chi connectivity index (χ0) is 20.2. The maximum absolute atomic E-state index is 12.7. The van der Waals surface area contributed by atoms with Crippen molar-refractivity contribution in [3.63, 3.8) is 0 Å². The highest BCUT2D eigenvalue weighted by molar-refractivity contribution is 5.92. The van der Waals surface area contributed by atoms with Gasteiger partial charge in [-0.05, 0) is 91.7 Å². The average molecular weight is 392 g/mol. The molecule has 0 aliphatic heterocycles. The summed E-state index contributed by atoms with van der Waals surface area (Å²) in [5.74, 6) is 1.63. The Morgan fingerprint density at radius 3 is 2.72 bits per heavy atom. The summed E-state index contributed by atoms with van der Waals surface area (Å²) in [6.45, 7) is 2.30. The van der Waals surface area contributed by atoms with Crippen molar-refractivity contribution in [1.29, 1.82) is 0 Å². The van der Waals surface area contributed by atoms with Crippen LogP contribution in [0.1, 0.15) is 66.4 Å². The first-order valence-electron chi connectivity index (χ1n) is 10.8. The van der Waals surface area contributed by atoms with Crippen molar-refractivity contribution in [1.82, 2.24) is 0 Å². The smallest absolute Gasteiger partial charge is 0.342 e. The Kier molecular flexibility index (Phi) is 4.34. The Balaban J connectivity index is 1.37. The van der Waals surface area contributed by atoms with E-state index < -0.39 is 5.97 Å². The molecule has 2 saturated carbocycles. The first kappa shape index (κ1) is 18.5. The van der Waals surface area contributed by atoms with Crippen LogP contribution in [0.2, 0.25) is 0 Å². The van der Waals surface area contributed by atoms with Gasteiger partial charge in [0.25, 0.3) is 0 Å². The van der Waals surface area contributed by atoms with Crippen LogP contribution in [-0.4, -0.2) is 22.3 Å². The number of para-hydroxylation sites is 1. The molecule has 0 amide bonds. The number of aryl methyl sites for hydroxylation is 1. The second kappa shape index (κ2) is 6.79. The molecule has 0 bridgehead atoms. The molecule has 2 fully saturated rings. The second-order valence-electron chi connectivity index (χ2n) is 9.33. The van der Waals surface area contributed by atoms with Crippen molar-refractivity contribution >= 4 is 5.97 Å². The van der Waals surface area contributed by atoms with Crippen molar-refractivity contribution in [3.05, 3.63) is 59.2 Å². The molecule has 4 heteroatoms. The lowest BCUT2D eigenvalue weighted by molar-refractivity contribution is -0.0429. The predicted molar refractivity (Wildman–Crippen MR) is 110 cm³/mol. The number of benzene rings is 2. The Bertz CT molecular complexity index is 952. The van der Waals surface area contributed by atoms with Gasteiger partial charge in [0.2, 0.25) is 0 Å². The van der Waals surface area contributed by atoms with E-state index in [1.807, 2.05) is 12.1 Å². The fourth-order valence-corrected chi connectivity index (χ4v) is 6.55. The van der Waals surface area contributed by atoms with Crippen LogP contribution in [0.4, 0.5) is 0 Å². The zero-order valence-corrected chi connectivity index (χ0v) is 16.8. The molecule has 0 aromatic heterocycles. The maximum Gasteiger partial charge on any atom is 0.342 e. The molecule has 0 heterocycles. The van der Waals surface area contributed by atoms with Gasteiger partial charge in [0.05, 0.1) is 0 Å². The van der Waals surface area contributed by atoms with Gasteiger partial charge in [-0.25, -0.2) is 4.79 Å². The van der Waals surface area contributed by atoms with Crippen molar-refractivity contribution < 1.29 is 19.7 Å². The van der Waals surface area contributed by atoms with Crippen LogP contribution in [0.25, 0.3) is 0 Å². The molecule has 2 N–H and O–H groups in total. The molecule has 152 valence electrons. The van der Waals surface area contributed by atoms with Gasteiger partial charge in [0.1, 0.15) is 23.2 Å². The number of ether oxygens (including phenoxy) is 1. The number of phenols is 2. The van der Waals surface area contributed by atoms with Crippen molar-refractivity contribution in [2.24, 2.45) is 17.3 Å². The highest BCUT2D eigenvalue weighted by atomic mass is 16.5. The van der Waals surface area contributed by atoms with Crippen LogP contribution in [0.15, 0.2) is 42.5 Å². The van der Waals surface area contributed by atoms with E-state index in [9.17, 15) is 15.0 Å². The van der Waals surface area contributed by atoms with Gasteiger partial charge in [-0.2, -0.15) is 0 Å². The monoisotopic (exact) mass is 392 g/mol. The molecule has 2 aromatic carbocycles. The SMILES string of the molecule is C[C@]12CC[C@@H]3c4ccc(O)cc4CC[C@H]3[C@@H]1CC[C@@H]2OC(=O)c1ccccc1O. The maximum atomic E-state index is 12.7. The number of aromatic hydroxyl groups is 2. The van der Waals surface area contributed by atoms with Crippen LogP contribution in [0, 0.1) is 17.3 Å². The lowest BCUT2D eigenvalue weighted by Gasteiger charge is -2.50. The number of esters is 1. The minimum atomic E-state index is -0.415. The summed E-state index contributed by atoms with van der Waals surface area (Å²) >= 11 is 0. The Morgan fingerprint density at radius 1 is 1.07 bits per heavy atom. The van der Waals surface area contributed by atoms with E-state index in [0.717, 1.165) is 38.5 Å². The number of carbonyl (C=O) groups is 1. The molecule has 29 heavy (non-hydrogen) atoms. The van der Waals surface area contributed by atoms with Gasteiger partial charge in [0, 0.05) is 5.41 Å².